The minimum Gasteiger partial charge on any atom is -0.389 e. The van der Waals surface area contributed by atoms with E-state index in [2.05, 4.69) is 4.72 Å². The van der Waals surface area contributed by atoms with Crippen LogP contribution in [0.15, 0.2) is 23.1 Å². The van der Waals surface area contributed by atoms with Gasteiger partial charge in [-0.25, -0.2) is 13.1 Å². The number of nitrogens with one attached hydrogen (secondary N) is 1. The summed E-state index contributed by atoms with van der Waals surface area (Å²) < 4.78 is 27.2. The van der Waals surface area contributed by atoms with Crippen molar-refractivity contribution in [2.45, 2.75) is 31.1 Å². The van der Waals surface area contributed by atoms with Crippen molar-refractivity contribution in [3.63, 3.8) is 0 Å². The Labute approximate surface area is 119 Å². The number of aryl methyl sites for hydroxylation is 1. The zero-order valence-electron chi connectivity index (χ0n) is 10.8. The van der Waals surface area contributed by atoms with E-state index in [1.807, 2.05) is 0 Å². The van der Waals surface area contributed by atoms with E-state index in [0.717, 1.165) is 12.8 Å². The third kappa shape index (κ3) is 3.32. The maximum Gasteiger partial charge on any atom is 0.240 e. The molecule has 0 atom stereocenters. The van der Waals surface area contributed by atoms with E-state index in [1.165, 1.54) is 6.42 Å². The van der Waals surface area contributed by atoms with Gasteiger partial charge in [0, 0.05) is 12.1 Å². The molecule has 3 N–H and O–H groups in total. The minimum atomic E-state index is -3.48. The predicted octanol–water partition coefficient (Wildman–Crippen LogP) is 1.71. The average Bonchev–Trinajstić information content (AvgIpc) is 2.26. The molecule has 19 heavy (non-hydrogen) atoms. The Hall–Kier alpha value is -0.980. The van der Waals surface area contributed by atoms with Crippen LogP contribution in [0.3, 0.4) is 0 Å². The Balaban J connectivity index is 2.22. The van der Waals surface area contributed by atoms with Crippen LogP contribution in [-0.4, -0.2) is 20.0 Å². The molecule has 0 saturated heterocycles. The zero-order chi connectivity index (χ0) is 14.0. The Bertz CT molecular complexity index is 593. The van der Waals surface area contributed by atoms with Gasteiger partial charge in [-0.2, -0.15) is 0 Å². The SMILES string of the molecule is Cc1ccc(C(N)=S)cc1S(=O)(=O)NCC1CCC1. The lowest BCUT2D eigenvalue weighted by Crippen LogP contribution is -2.32. The number of thiocarbonyl (C=S) groups is 1. The fourth-order valence-electron chi connectivity index (χ4n) is 2.05. The second-order valence-electron chi connectivity index (χ2n) is 4.99. The Kier molecular flexibility index (Phi) is 4.23. The van der Waals surface area contributed by atoms with Crippen molar-refractivity contribution in [3.8, 4) is 0 Å². The van der Waals surface area contributed by atoms with E-state index < -0.39 is 10.0 Å². The van der Waals surface area contributed by atoms with Gasteiger partial charge in [0.15, 0.2) is 0 Å². The normalized spacial score (nSPS) is 16.1. The van der Waals surface area contributed by atoms with Crippen LogP contribution < -0.4 is 10.5 Å². The quantitative estimate of drug-likeness (QED) is 0.812. The predicted molar refractivity (Wildman–Crippen MR) is 79.6 cm³/mol. The van der Waals surface area contributed by atoms with Crippen LogP contribution in [0.25, 0.3) is 0 Å². The van der Waals surface area contributed by atoms with Crippen molar-refractivity contribution >= 4 is 27.2 Å². The second-order valence-corrected chi connectivity index (χ2v) is 7.17. The maximum absolute atomic E-state index is 12.3. The van der Waals surface area contributed by atoms with E-state index in [-0.39, 0.29) is 9.88 Å². The summed E-state index contributed by atoms with van der Waals surface area (Å²) in [4.78, 5) is 0.465. The fourth-order valence-corrected chi connectivity index (χ4v) is 3.56. The summed E-state index contributed by atoms with van der Waals surface area (Å²) in [5.74, 6) is 0.480. The van der Waals surface area contributed by atoms with Crippen molar-refractivity contribution in [1.82, 2.24) is 4.72 Å². The second kappa shape index (κ2) is 5.56. The van der Waals surface area contributed by atoms with Crippen molar-refractivity contribution in [1.29, 1.82) is 0 Å². The van der Waals surface area contributed by atoms with Gasteiger partial charge in [-0.3, -0.25) is 0 Å². The number of hydrogen-bond acceptors (Lipinski definition) is 3. The summed E-state index contributed by atoms with van der Waals surface area (Å²) in [7, 11) is -3.48. The van der Waals surface area contributed by atoms with Gasteiger partial charge in [-0.1, -0.05) is 30.8 Å². The largest absolute Gasteiger partial charge is 0.389 e. The van der Waals surface area contributed by atoms with Crippen molar-refractivity contribution in [2.75, 3.05) is 6.54 Å². The molecule has 0 unspecified atom stereocenters. The molecule has 104 valence electrons. The van der Waals surface area contributed by atoms with Gasteiger partial charge in [-0.15, -0.1) is 0 Å². The molecule has 0 heterocycles. The van der Waals surface area contributed by atoms with Crippen LogP contribution in [0, 0.1) is 12.8 Å². The number of benzene rings is 1. The van der Waals surface area contributed by atoms with Gasteiger partial charge in [0.05, 0.1) is 4.90 Å². The monoisotopic (exact) mass is 298 g/mol. The highest BCUT2D eigenvalue weighted by Gasteiger charge is 2.22. The summed E-state index contributed by atoms with van der Waals surface area (Å²) in [6.45, 7) is 2.28. The molecule has 1 saturated carbocycles. The highest BCUT2D eigenvalue weighted by atomic mass is 32.2. The van der Waals surface area contributed by atoms with Gasteiger partial charge in [0.25, 0.3) is 0 Å². The van der Waals surface area contributed by atoms with Crippen LogP contribution in [-0.2, 0) is 10.0 Å². The lowest BCUT2D eigenvalue weighted by molar-refractivity contribution is 0.316. The van der Waals surface area contributed by atoms with Gasteiger partial charge >= 0.3 is 0 Å². The Morgan fingerprint density at radius 2 is 2.16 bits per heavy atom. The zero-order valence-corrected chi connectivity index (χ0v) is 12.5. The summed E-state index contributed by atoms with van der Waals surface area (Å²) in [6, 6.07) is 5.01. The standard InChI is InChI=1S/C13H18N2O2S2/c1-9-5-6-11(13(14)18)7-12(9)19(16,17)15-8-10-3-2-4-10/h5-7,10,15H,2-4,8H2,1H3,(H2,14,18). The van der Waals surface area contributed by atoms with Gasteiger partial charge < -0.3 is 5.73 Å². The highest BCUT2D eigenvalue weighted by Crippen LogP contribution is 2.26. The molecule has 6 heteroatoms. The van der Waals surface area contributed by atoms with Crippen LogP contribution >= 0.6 is 12.2 Å². The molecule has 2 rings (SSSR count). The number of nitrogens with two attached hydrogens (primary N) is 1. The van der Waals surface area contributed by atoms with Gasteiger partial charge in [-0.05, 0) is 37.3 Å². The Morgan fingerprint density at radius 3 is 2.68 bits per heavy atom. The molecule has 1 aromatic carbocycles. The summed E-state index contributed by atoms with van der Waals surface area (Å²) in [5.41, 5.74) is 6.81. The molecule has 1 aromatic rings. The lowest BCUT2D eigenvalue weighted by atomic mass is 9.86. The first-order valence-corrected chi connectivity index (χ1v) is 8.19. The van der Waals surface area contributed by atoms with E-state index in [9.17, 15) is 8.42 Å². The molecular weight excluding hydrogens is 280 g/mol. The average molecular weight is 298 g/mol. The molecule has 1 aliphatic rings. The minimum absolute atomic E-state index is 0.204. The molecule has 1 aliphatic carbocycles. The van der Waals surface area contributed by atoms with Crippen LogP contribution in [0.4, 0.5) is 0 Å². The first-order chi connectivity index (χ1) is 8.90. The lowest BCUT2D eigenvalue weighted by Gasteiger charge is -2.25. The molecule has 0 amide bonds. The van der Waals surface area contributed by atoms with Crippen LogP contribution in [0.5, 0.6) is 0 Å². The van der Waals surface area contributed by atoms with E-state index in [4.69, 9.17) is 18.0 Å². The van der Waals surface area contributed by atoms with Crippen LogP contribution in [0.2, 0.25) is 0 Å². The summed E-state index contributed by atoms with van der Waals surface area (Å²) in [5, 5.41) is 0. The van der Waals surface area contributed by atoms with E-state index >= 15 is 0 Å². The molecule has 0 aliphatic heterocycles. The van der Waals surface area contributed by atoms with E-state index in [0.29, 0.717) is 23.6 Å². The summed E-state index contributed by atoms with van der Waals surface area (Å²) in [6.07, 6.45) is 3.41. The molecule has 0 bridgehead atoms. The van der Waals surface area contributed by atoms with Gasteiger partial charge in [0.2, 0.25) is 10.0 Å². The highest BCUT2D eigenvalue weighted by molar-refractivity contribution is 7.89. The van der Waals surface area contributed by atoms with E-state index in [1.54, 1.807) is 25.1 Å². The first kappa shape index (κ1) is 14.4. The number of hydrogen-bond donors (Lipinski definition) is 2. The smallest absolute Gasteiger partial charge is 0.240 e. The van der Waals surface area contributed by atoms with Gasteiger partial charge in [0.1, 0.15) is 4.99 Å². The van der Waals surface area contributed by atoms with Crippen molar-refractivity contribution < 1.29 is 8.42 Å². The first-order valence-electron chi connectivity index (χ1n) is 6.30. The third-order valence-corrected chi connectivity index (χ3v) is 5.35. The molecule has 0 radical (unpaired) electrons. The summed E-state index contributed by atoms with van der Waals surface area (Å²) >= 11 is 4.88. The third-order valence-electron chi connectivity index (χ3n) is 3.55. The molecular formula is C13H18N2O2S2. The fraction of sp³-hybridized carbons (Fsp3) is 0.462. The van der Waals surface area contributed by atoms with Crippen molar-refractivity contribution in [3.05, 3.63) is 29.3 Å². The maximum atomic E-state index is 12.3. The molecule has 0 spiro atoms. The Morgan fingerprint density at radius 1 is 1.47 bits per heavy atom. The topological polar surface area (TPSA) is 72.2 Å². The number of rotatable bonds is 5. The molecule has 0 aromatic heterocycles. The van der Waals surface area contributed by atoms with Crippen molar-refractivity contribution in [2.24, 2.45) is 11.7 Å². The molecule has 1 fully saturated rings. The van der Waals surface area contributed by atoms with Crippen LogP contribution in [0.1, 0.15) is 30.4 Å². The molecule has 4 nitrogen and oxygen atoms in total. The number of sulfonamides is 1.